The molecule has 0 aliphatic rings. The Morgan fingerprint density at radius 2 is 1.96 bits per heavy atom. The third-order valence-corrected chi connectivity index (χ3v) is 5.11. The molecule has 0 aliphatic carbocycles. The van der Waals surface area contributed by atoms with Gasteiger partial charge in [0.25, 0.3) is 0 Å². The molecule has 7 heteroatoms. The summed E-state index contributed by atoms with van der Waals surface area (Å²) < 4.78 is 27.2. The molecule has 1 atom stereocenters. The van der Waals surface area contributed by atoms with E-state index in [9.17, 15) is 8.42 Å². The van der Waals surface area contributed by atoms with Crippen molar-refractivity contribution in [2.75, 3.05) is 10.5 Å². The van der Waals surface area contributed by atoms with Gasteiger partial charge in [-0.2, -0.15) is 5.10 Å². The fraction of sp³-hybridized carbons (Fsp3) is 0.176. The zero-order valence-electron chi connectivity index (χ0n) is 13.2. The molecule has 3 rings (SSSR count). The maximum atomic E-state index is 12.4. The predicted molar refractivity (Wildman–Crippen MR) is 94.1 cm³/mol. The maximum Gasteiger partial charge on any atom is 0.234 e. The first-order chi connectivity index (χ1) is 11.5. The molecule has 124 valence electrons. The van der Waals surface area contributed by atoms with Crippen molar-refractivity contribution in [3.05, 3.63) is 66.5 Å². The highest BCUT2D eigenvalue weighted by atomic mass is 32.2. The molecule has 0 saturated carbocycles. The van der Waals surface area contributed by atoms with Crippen molar-refractivity contribution in [2.24, 2.45) is 0 Å². The second kappa shape index (κ2) is 6.84. The Bertz CT molecular complexity index is 893. The summed E-state index contributed by atoms with van der Waals surface area (Å²) in [5.41, 5.74) is 2.53. The van der Waals surface area contributed by atoms with Crippen molar-refractivity contribution in [3.63, 3.8) is 0 Å². The van der Waals surface area contributed by atoms with E-state index in [-0.39, 0.29) is 17.5 Å². The lowest BCUT2D eigenvalue weighted by molar-refractivity contribution is 0.595. The highest BCUT2D eigenvalue weighted by Gasteiger charge is 2.18. The molecule has 2 heterocycles. The summed E-state index contributed by atoms with van der Waals surface area (Å²) in [4.78, 5) is 4.03. The lowest BCUT2D eigenvalue weighted by Gasteiger charge is -2.12. The summed E-state index contributed by atoms with van der Waals surface area (Å²) in [7, 11) is -3.50. The van der Waals surface area contributed by atoms with E-state index in [2.05, 4.69) is 19.9 Å². The van der Waals surface area contributed by atoms with E-state index in [1.165, 1.54) is 0 Å². The van der Waals surface area contributed by atoms with Gasteiger partial charge in [-0.3, -0.25) is 14.8 Å². The van der Waals surface area contributed by atoms with E-state index >= 15 is 0 Å². The molecule has 0 radical (unpaired) electrons. The number of benzene rings is 1. The molecule has 1 unspecified atom stereocenters. The van der Waals surface area contributed by atoms with Gasteiger partial charge in [-0.15, -0.1) is 0 Å². The number of H-pyrrole nitrogens is 1. The van der Waals surface area contributed by atoms with Crippen LogP contribution in [0.15, 0.2) is 60.9 Å². The molecule has 2 N–H and O–H groups in total. The first-order valence-corrected chi connectivity index (χ1v) is 9.20. The summed E-state index contributed by atoms with van der Waals surface area (Å²) in [5, 5.41) is 6.83. The minimum atomic E-state index is -3.50. The fourth-order valence-electron chi connectivity index (χ4n) is 2.45. The van der Waals surface area contributed by atoms with E-state index in [4.69, 9.17) is 0 Å². The van der Waals surface area contributed by atoms with Crippen LogP contribution >= 0.6 is 0 Å². The summed E-state index contributed by atoms with van der Waals surface area (Å²) in [5.74, 6) is 0.154. The first kappa shape index (κ1) is 16.2. The quantitative estimate of drug-likeness (QED) is 0.721. The Hall–Kier alpha value is -2.67. The van der Waals surface area contributed by atoms with Crippen molar-refractivity contribution in [1.29, 1.82) is 0 Å². The van der Waals surface area contributed by atoms with Crippen molar-refractivity contribution in [3.8, 4) is 11.3 Å². The Morgan fingerprint density at radius 3 is 2.67 bits per heavy atom. The van der Waals surface area contributed by atoms with Crippen LogP contribution in [0.5, 0.6) is 0 Å². The molecule has 0 spiro atoms. The summed E-state index contributed by atoms with van der Waals surface area (Å²) >= 11 is 0. The third-order valence-electron chi connectivity index (χ3n) is 3.65. The number of hydrogen-bond donors (Lipinski definition) is 2. The predicted octanol–water partition coefficient (Wildman–Crippen LogP) is 3.02. The van der Waals surface area contributed by atoms with Crippen LogP contribution in [0.2, 0.25) is 0 Å². The van der Waals surface area contributed by atoms with Crippen molar-refractivity contribution in [1.82, 2.24) is 15.2 Å². The van der Waals surface area contributed by atoms with Crippen LogP contribution in [-0.2, 0) is 10.0 Å². The Labute approximate surface area is 141 Å². The van der Waals surface area contributed by atoms with E-state index in [0.717, 1.165) is 11.1 Å². The van der Waals surface area contributed by atoms with Gasteiger partial charge in [-0.1, -0.05) is 37.3 Å². The average Bonchev–Trinajstić information content (AvgIpc) is 3.03. The number of aromatic amines is 1. The van der Waals surface area contributed by atoms with Gasteiger partial charge < -0.3 is 0 Å². The van der Waals surface area contributed by atoms with Gasteiger partial charge in [0.2, 0.25) is 10.0 Å². The van der Waals surface area contributed by atoms with E-state index in [1.807, 2.05) is 49.4 Å². The van der Waals surface area contributed by atoms with Crippen LogP contribution in [-0.4, -0.2) is 29.4 Å². The molecule has 6 nitrogen and oxygen atoms in total. The molecule has 0 saturated heterocycles. The smallest absolute Gasteiger partial charge is 0.234 e. The third kappa shape index (κ3) is 3.99. The standard InChI is InChI=1S/C17H18N4O2S/c1-13(14-6-3-2-4-7-14)12-24(22,23)21-17-10-16(19-20-17)15-8-5-9-18-11-15/h2-11,13H,12H2,1H3,(H2,19,20,21). The van der Waals surface area contributed by atoms with Gasteiger partial charge in [0.1, 0.15) is 0 Å². The molecule has 24 heavy (non-hydrogen) atoms. The summed E-state index contributed by atoms with van der Waals surface area (Å²) in [6.45, 7) is 1.89. The van der Waals surface area contributed by atoms with Gasteiger partial charge in [0.05, 0.1) is 11.4 Å². The Morgan fingerprint density at radius 1 is 1.17 bits per heavy atom. The minimum Gasteiger partial charge on any atom is -0.276 e. The molecule has 0 amide bonds. The SMILES string of the molecule is CC(CS(=O)(=O)Nc1cc(-c2cccnc2)[nH]n1)c1ccccc1. The molecular weight excluding hydrogens is 324 g/mol. The largest absolute Gasteiger partial charge is 0.276 e. The monoisotopic (exact) mass is 342 g/mol. The van der Waals surface area contributed by atoms with E-state index in [1.54, 1.807) is 18.5 Å². The molecule has 2 aromatic heterocycles. The second-order valence-electron chi connectivity index (χ2n) is 5.60. The molecular formula is C17H18N4O2S. The fourth-order valence-corrected chi connectivity index (χ4v) is 3.81. The topological polar surface area (TPSA) is 87.7 Å². The van der Waals surface area contributed by atoms with Crippen LogP contribution in [0.3, 0.4) is 0 Å². The van der Waals surface area contributed by atoms with Crippen molar-refractivity contribution < 1.29 is 8.42 Å². The van der Waals surface area contributed by atoms with E-state index in [0.29, 0.717) is 5.69 Å². The number of sulfonamides is 1. The highest BCUT2D eigenvalue weighted by molar-refractivity contribution is 7.92. The number of hydrogen-bond acceptors (Lipinski definition) is 4. The van der Waals surface area contributed by atoms with Crippen LogP contribution in [0, 0.1) is 0 Å². The van der Waals surface area contributed by atoms with Gasteiger partial charge in [0, 0.05) is 24.0 Å². The lowest BCUT2D eigenvalue weighted by Crippen LogP contribution is -2.20. The molecule has 3 aromatic rings. The Balaban J connectivity index is 1.70. The van der Waals surface area contributed by atoms with Crippen molar-refractivity contribution in [2.45, 2.75) is 12.8 Å². The van der Waals surface area contributed by atoms with Crippen LogP contribution in [0.1, 0.15) is 18.4 Å². The Kier molecular flexibility index (Phi) is 4.61. The zero-order chi connectivity index (χ0) is 17.0. The molecule has 0 aliphatic heterocycles. The van der Waals surface area contributed by atoms with Crippen LogP contribution in [0.25, 0.3) is 11.3 Å². The molecule has 1 aromatic carbocycles. The average molecular weight is 342 g/mol. The lowest BCUT2D eigenvalue weighted by atomic mass is 10.0. The van der Waals surface area contributed by atoms with Gasteiger partial charge in [-0.05, 0) is 23.6 Å². The van der Waals surface area contributed by atoms with Crippen LogP contribution in [0.4, 0.5) is 5.82 Å². The highest BCUT2D eigenvalue weighted by Crippen LogP contribution is 2.21. The number of nitrogens with one attached hydrogen (secondary N) is 2. The van der Waals surface area contributed by atoms with Gasteiger partial charge in [0.15, 0.2) is 5.82 Å². The minimum absolute atomic E-state index is 0.00784. The van der Waals surface area contributed by atoms with Crippen LogP contribution < -0.4 is 4.72 Å². The molecule has 0 fully saturated rings. The summed E-state index contributed by atoms with van der Waals surface area (Å²) in [6, 6.07) is 14.9. The maximum absolute atomic E-state index is 12.4. The van der Waals surface area contributed by atoms with Gasteiger partial charge in [-0.25, -0.2) is 8.42 Å². The number of rotatable bonds is 6. The van der Waals surface area contributed by atoms with E-state index < -0.39 is 10.0 Å². The number of anilines is 1. The first-order valence-electron chi connectivity index (χ1n) is 7.55. The molecule has 0 bridgehead atoms. The normalized spacial score (nSPS) is 12.7. The number of aromatic nitrogens is 3. The number of nitrogens with zero attached hydrogens (tertiary/aromatic N) is 2. The summed E-state index contributed by atoms with van der Waals surface area (Å²) in [6.07, 6.45) is 3.36. The number of pyridine rings is 1. The van der Waals surface area contributed by atoms with Gasteiger partial charge >= 0.3 is 0 Å². The second-order valence-corrected chi connectivity index (χ2v) is 7.37. The van der Waals surface area contributed by atoms with Crippen molar-refractivity contribution >= 4 is 15.8 Å². The zero-order valence-corrected chi connectivity index (χ0v) is 14.0.